The Morgan fingerprint density at radius 2 is 2.20 bits per heavy atom. The van der Waals surface area contributed by atoms with Crippen molar-refractivity contribution in [1.29, 1.82) is 0 Å². The zero-order chi connectivity index (χ0) is 13.6. The summed E-state index contributed by atoms with van der Waals surface area (Å²) in [6.45, 7) is 6.38. The molecule has 1 atom stereocenters. The first kappa shape index (κ1) is 13.8. The topological polar surface area (TPSA) is 50.3 Å². The van der Waals surface area contributed by atoms with E-state index in [0.29, 0.717) is 5.92 Å². The Morgan fingerprint density at radius 1 is 1.30 bits per heavy atom. The summed E-state index contributed by atoms with van der Waals surface area (Å²) in [7, 11) is 0. The summed E-state index contributed by atoms with van der Waals surface area (Å²) in [5.41, 5.74) is 1.11. The van der Waals surface area contributed by atoms with Gasteiger partial charge in [-0.2, -0.15) is 0 Å². The first-order valence-electron chi connectivity index (χ1n) is 7.78. The van der Waals surface area contributed by atoms with Gasteiger partial charge in [0.05, 0.1) is 12.3 Å². The van der Waals surface area contributed by atoms with Crippen LogP contribution in [0.5, 0.6) is 0 Å². The van der Waals surface area contributed by atoms with E-state index >= 15 is 0 Å². The van der Waals surface area contributed by atoms with E-state index < -0.39 is 0 Å². The number of rotatable bonds is 6. The molecule has 2 aliphatic rings. The molecule has 3 rings (SSSR count). The summed E-state index contributed by atoms with van der Waals surface area (Å²) in [5, 5.41) is 3.41. The SMILES string of the molecule is c1nc(NCCCN2CCCC2)cc([C@H]2CCOC2)n1. The molecule has 2 saturated heterocycles. The average molecular weight is 276 g/mol. The van der Waals surface area contributed by atoms with Crippen LogP contribution in [0, 0.1) is 0 Å². The normalized spacial score (nSPS) is 23.3. The van der Waals surface area contributed by atoms with Crippen LogP contribution in [0.2, 0.25) is 0 Å². The van der Waals surface area contributed by atoms with E-state index in [1.54, 1.807) is 6.33 Å². The molecule has 0 amide bonds. The molecule has 20 heavy (non-hydrogen) atoms. The third-order valence-electron chi connectivity index (χ3n) is 4.19. The van der Waals surface area contributed by atoms with Crippen molar-refractivity contribution >= 4 is 5.82 Å². The molecule has 0 saturated carbocycles. The summed E-state index contributed by atoms with van der Waals surface area (Å²) < 4.78 is 5.42. The largest absolute Gasteiger partial charge is 0.381 e. The summed E-state index contributed by atoms with van der Waals surface area (Å²) in [6, 6.07) is 2.08. The molecular weight excluding hydrogens is 252 g/mol. The molecule has 5 heteroatoms. The molecule has 1 aromatic heterocycles. The van der Waals surface area contributed by atoms with Gasteiger partial charge in [-0.25, -0.2) is 9.97 Å². The molecule has 0 aromatic carbocycles. The van der Waals surface area contributed by atoms with Gasteiger partial charge in [-0.1, -0.05) is 0 Å². The molecule has 5 nitrogen and oxygen atoms in total. The number of anilines is 1. The minimum absolute atomic E-state index is 0.447. The van der Waals surface area contributed by atoms with E-state index in [1.165, 1.54) is 38.9 Å². The summed E-state index contributed by atoms with van der Waals surface area (Å²) in [5.74, 6) is 1.39. The number of hydrogen-bond donors (Lipinski definition) is 1. The Kier molecular flexibility index (Phi) is 4.82. The maximum Gasteiger partial charge on any atom is 0.129 e. The summed E-state index contributed by atoms with van der Waals surface area (Å²) in [4.78, 5) is 11.2. The number of aromatic nitrogens is 2. The Balaban J connectivity index is 1.43. The lowest BCUT2D eigenvalue weighted by Crippen LogP contribution is -2.22. The second kappa shape index (κ2) is 6.99. The van der Waals surface area contributed by atoms with E-state index in [9.17, 15) is 0 Å². The van der Waals surface area contributed by atoms with Crippen LogP contribution in [0.4, 0.5) is 5.82 Å². The van der Waals surface area contributed by atoms with Gasteiger partial charge in [0.25, 0.3) is 0 Å². The van der Waals surface area contributed by atoms with Crippen molar-refractivity contribution in [3.63, 3.8) is 0 Å². The van der Waals surface area contributed by atoms with E-state index in [2.05, 4.69) is 26.3 Å². The molecule has 0 bridgehead atoms. The first-order valence-corrected chi connectivity index (χ1v) is 7.78. The fraction of sp³-hybridized carbons (Fsp3) is 0.733. The van der Waals surface area contributed by atoms with Crippen molar-refractivity contribution in [2.75, 3.05) is 44.7 Å². The van der Waals surface area contributed by atoms with Crippen LogP contribution in [0.25, 0.3) is 0 Å². The second-order valence-electron chi connectivity index (χ2n) is 5.72. The third kappa shape index (κ3) is 3.67. The lowest BCUT2D eigenvalue weighted by Gasteiger charge is -2.14. The fourth-order valence-electron chi connectivity index (χ4n) is 2.99. The van der Waals surface area contributed by atoms with Crippen LogP contribution in [-0.4, -0.2) is 54.3 Å². The van der Waals surface area contributed by atoms with Gasteiger partial charge in [0.2, 0.25) is 0 Å². The van der Waals surface area contributed by atoms with Crippen LogP contribution in [0.15, 0.2) is 12.4 Å². The number of hydrogen-bond acceptors (Lipinski definition) is 5. The average Bonchev–Trinajstić information content (AvgIpc) is 3.17. The Hall–Kier alpha value is -1.20. The van der Waals surface area contributed by atoms with Gasteiger partial charge >= 0.3 is 0 Å². The van der Waals surface area contributed by atoms with Crippen LogP contribution < -0.4 is 5.32 Å². The summed E-state index contributed by atoms with van der Waals surface area (Å²) in [6.07, 6.45) is 6.64. The molecule has 2 aliphatic heterocycles. The van der Waals surface area contributed by atoms with Crippen molar-refractivity contribution < 1.29 is 4.74 Å². The quantitative estimate of drug-likeness (QED) is 0.804. The van der Waals surface area contributed by atoms with Gasteiger partial charge in [0.15, 0.2) is 0 Å². The predicted molar refractivity (Wildman–Crippen MR) is 79.0 cm³/mol. The van der Waals surface area contributed by atoms with Crippen LogP contribution in [0.3, 0.4) is 0 Å². The molecule has 0 spiro atoms. The van der Waals surface area contributed by atoms with Gasteiger partial charge in [-0.15, -0.1) is 0 Å². The number of nitrogens with one attached hydrogen (secondary N) is 1. The highest BCUT2D eigenvalue weighted by atomic mass is 16.5. The monoisotopic (exact) mass is 276 g/mol. The molecule has 3 heterocycles. The lowest BCUT2D eigenvalue weighted by molar-refractivity contribution is 0.193. The van der Waals surface area contributed by atoms with Crippen molar-refractivity contribution in [2.24, 2.45) is 0 Å². The Bertz CT molecular complexity index is 414. The molecule has 110 valence electrons. The van der Waals surface area contributed by atoms with Gasteiger partial charge in [0.1, 0.15) is 12.1 Å². The Morgan fingerprint density at radius 3 is 3.00 bits per heavy atom. The van der Waals surface area contributed by atoms with E-state index in [4.69, 9.17) is 4.74 Å². The molecule has 0 aliphatic carbocycles. The molecule has 1 N–H and O–H groups in total. The predicted octanol–water partition coefficient (Wildman–Crippen LogP) is 1.88. The van der Waals surface area contributed by atoms with Gasteiger partial charge in [-0.3, -0.25) is 0 Å². The highest BCUT2D eigenvalue weighted by Gasteiger charge is 2.19. The highest BCUT2D eigenvalue weighted by molar-refractivity contribution is 5.35. The lowest BCUT2D eigenvalue weighted by atomic mass is 10.1. The number of nitrogens with zero attached hydrogens (tertiary/aromatic N) is 3. The van der Waals surface area contributed by atoms with E-state index in [0.717, 1.165) is 37.7 Å². The van der Waals surface area contributed by atoms with Gasteiger partial charge in [-0.05, 0) is 45.3 Å². The maximum atomic E-state index is 5.42. The van der Waals surface area contributed by atoms with Crippen molar-refractivity contribution in [3.05, 3.63) is 18.1 Å². The number of likely N-dealkylation sites (tertiary alicyclic amines) is 1. The minimum atomic E-state index is 0.447. The van der Waals surface area contributed by atoms with Gasteiger partial charge in [0, 0.05) is 25.1 Å². The number of ether oxygens (including phenoxy) is 1. The molecule has 1 aromatic rings. The van der Waals surface area contributed by atoms with E-state index in [1.807, 2.05) is 0 Å². The van der Waals surface area contributed by atoms with Crippen molar-refractivity contribution in [1.82, 2.24) is 14.9 Å². The van der Waals surface area contributed by atoms with Crippen LogP contribution >= 0.6 is 0 Å². The maximum absolute atomic E-state index is 5.42. The van der Waals surface area contributed by atoms with Crippen LogP contribution in [-0.2, 0) is 4.74 Å². The second-order valence-corrected chi connectivity index (χ2v) is 5.72. The Labute approximate surface area is 120 Å². The summed E-state index contributed by atoms with van der Waals surface area (Å²) >= 11 is 0. The molecule has 2 fully saturated rings. The standard InChI is InChI=1S/C15H24N4O/c1-2-7-19(6-1)8-3-5-16-15-10-14(17-12-18-15)13-4-9-20-11-13/h10,12-13H,1-9,11H2,(H,16,17,18)/t13-/m0/s1. The molecule has 0 radical (unpaired) electrons. The van der Waals surface area contributed by atoms with Gasteiger partial charge < -0.3 is 15.0 Å². The van der Waals surface area contributed by atoms with Crippen LogP contribution in [0.1, 0.15) is 37.3 Å². The zero-order valence-electron chi connectivity index (χ0n) is 12.1. The van der Waals surface area contributed by atoms with E-state index in [-0.39, 0.29) is 0 Å². The minimum Gasteiger partial charge on any atom is -0.381 e. The zero-order valence-corrected chi connectivity index (χ0v) is 12.1. The highest BCUT2D eigenvalue weighted by Crippen LogP contribution is 2.24. The molecule has 0 unspecified atom stereocenters. The smallest absolute Gasteiger partial charge is 0.129 e. The third-order valence-corrected chi connectivity index (χ3v) is 4.19. The van der Waals surface area contributed by atoms with Crippen molar-refractivity contribution in [3.8, 4) is 0 Å². The molecular formula is C15H24N4O. The fourth-order valence-corrected chi connectivity index (χ4v) is 2.99. The first-order chi connectivity index (χ1) is 9.92. The van der Waals surface area contributed by atoms with Crippen molar-refractivity contribution in [2.45, 2.75) is 31.6 Å².